The third-order valence-electron chi connectivity index (χ3n) is 12.0. The van der Waals surface area contributed by atoms with Gasteiger partial charge < -0.3 is 4.42 Å². The van der Waals surface area contributed by atoms with Crippen LogP contribution in [0.4, 0.5) is 0 Å². The van der Waals surface area contributed by atoms with Gasteiger partial charge in [0.25, 0.3) is 0 Å². The zero-order valence-corrected chi connectivity index (χ0v) is 25.9. The van der Waals surface area contributed by atoms with Gasteiger partial charge in [0, 0.05) is 39.1 Å². The summed E-state index contributed by atoms with van der Waals surface area (Å²) in [5.41, 5.74) is 9.88. The van der Waals surface area contributed by atoms with Crippen molar-refractivity contribution in [2.75, 3.05) is 0 Å². The normalized spacial score (nSPS) is 25.1. The van der Waals surface area contributed by atoms with Crippen molar-refractivity contribution in [1.29, 1.82) is 0 Å². The Hall–Kier alpha value is -5.16. The van der Waals surface area contributed by atoms with Crippen molar-refractivity contribution in [3.63, 3.8) is 0 Å². The van der Waals surface area contributed by atoms with Gasteiger partial charge in [0.15, 0.2) is 17.5 Å². The minimum Gasteiger partial charge on any atom is -0.455 e. The lowest BCUT2D eigenvalue weighted by Gasteiger charge is -2.61. The van der Waals surface area contributed by atoms with E-state index in [-0.39, 0.29) is 5.41 Å². The molecule has 5 aliphatic rings. The van der Waals surface area contributed by atoms with Crippen LogP contribution < -0.4 is 0 Å². The summed E-state index contributed by atoms with van der Waals surface area (Å²) in [6.45, 7) is 0. The van der Waals surface area contributed by atoms with Crippen LogP contribution in [0.25, 0.3) is 67.4 Å². The van der Waals surface area contributed by atoms with E-state index in [1.807, 2.05) is 42.6 Å². The fourth-order valence-electron chi connectivity index (χ4n) is 10.4. The molecule has 0 saturated heterocycles. The van der Waals surface area contributed by atoms with E-state index >= 15 is 0 Å². The van der Waals surface area contributed by atoms with Crippen LogP contribution in [0, 0.1) is 23.7 Å². The Morgan fingerprint density at radius 2 is 1.28 bits per heavy atom. The van der Waals surface area contributed by atoms with E-state index in [1.54, 1.807) is 0 Å². The van der Waals surface area contributed by atoms with Crippen LogP contribution in [0.5, 0.6) is 0 Å². The average molecular weight is 609 g/mol. The molecule has 5 heteroatoms. The van der Waals surface area contributed by atoms with Crippen LogP contribution in [0.1, 0.15) is 43.2 Å². The molecule has 0 atom stereocenters. The number of aromatic nitrogens is 4. The quantitative estimate of drug-likeness (QED) is 0.200. The van der Waals surface area contributed by atoms with Gasteiger partial charge >= 0.3 is 0 Å². The van der Waals surface area contributed by atoms with Gasteiger partial charge in [-0.15, -0.1) is 0 Å². The number of hydrogen-bond acceptors (Lipinski definition) is 5. The highest BCUT2D eigenvalue weighted by Gasteiger charge is 2.61. The van der Waals surface area contributed by atoms with E-state index in [1.165, 1.54) is 48.8 Å². The molecule has 0 N–H and O–H groups in total. The third-order valence-corrected chi connectivity index (χ3v) is 12.0. The van der Waals surface area contributed by atoms with Crippen LogP contribution in [-0.4, -0.2) is 19.9 Å². The van der Waals surface area contributed by atoms with E-state index in [0.29, 0.717) is 29.3 Å². The van der Waals surface area contributed by atoms with Crippen molar-refractivity contribution in [2.24, 2.45) is 23.7 Å². The first-order chi connectivity index (χ1) is 23.2. The van der Waals surface area contributed by atoms with E-state index < -0.39 is 0 Å². The largest absolute Gasteiger partial charge is 0.455 e. The maximum Gasteiger partial charge on any atom is 0.167 e. The van der Waals surface area contributed by atoms with Crippen molar-refractivity contribution in [2.45, 2.75) is 37.5 Å². The van der Waals surface area contributed by atoms with Gasteiger partial charge in [0.2, 0.25) is 0 Å². The summed E-state index contributed by atoms with van der Waals surface area (Å²) < 4.78 is 6.43. The summed E-state index contributed by atoms with van der Waals surface area (Å²) in [6, 6.07) is 36.1. The van der Waals surface area contributed by atoms with E-state index in [9.17, 15) is 0 Å². The summed E-state index contributed by atoms with van der Waals surface area (Å²) >= 11 is 0. The molecule has 12 rings (SSSR count). The molecule has 4 aromatic carbocycles. The van der Waals surface area contributed by atoms with E-state index in [4.69, 9.17) is 24.4 Å². The average Bonchev–Trinajstić information content (AvgIpc) is 3.64. The lowest BCUT2D eigenvalue weighted by atomic mass is 9.43. The highest BCUT2D eigenvalue weighted by atomic mass is 16.3. The Bertz CT molecular complexity index is 2360. The van der Waals surface area contributed by atoms with Crippen molar-refractivity contribution in [3.8, 4) is 45.4 Å². The minimum atomic E-state index is 0.0846. The maximum atomic E-state index is 6.43. The van der Waals surface area contributed by atoms with Crippen LogP contribution in [0.3, 0.4) is 0 Å². The van der Waals surface area contributed by atoms with Gasteiger partial charge in [-0.05, 0) is 91.2 Å². The molecule has 5 nitrogen and oxygen atoms in total. The predicted octanol–water partition coefficient (Wildman–Crippen LogP) is 9.89. The molecular formula is C42H32N4O. The standard InChI is InChI=1S/C42H32N4O/c1-2-8-26(9-3-1)39-44-40(46-41(45-39)32-12-6-11-31-30-10-4-5-14-36(30)47-38(31)32)27-15-16-34-33(23-27)37-35(13-7-17-43-37)42(34)28-19-24-18-25(21-28)22-29(42)20-24/h1-17,23-25,28-29H,18-22H2. The fourth-order valence-corrected chi connectivity index (χ4v) is 10.4. The second-order valence-corrected chi connectivity index (χ2v) is 14.3. The Morgan fingerprint density at radius 1 is 0.553 bits per heavy atom. The van der Waals surface area contributed by atoms with Crippen LogP contribution >= 0.6 is 0 Å². The lowest BCUT2D eigenvalue weighted by Crippen LogP contribution is -2.55. The smallest absolute Gasteiger partial charge is 0.167 e. The van der Waals surface area contributed by atoms with Gasteiger partial charge in [0.1, 0.15) is 11.2 Å². The number of nitrogens with zero attached hydrogens (tertiary/aromatic N) is 4. The van der Waals surface area contributed by atoms with Gasteiger partial charge in [0.05, 0.1) is 11.3 Å². The minimum absolute atomic E-state index is 0.0846. The van der Waals surface area contributed by atoms with Gasteiger partial charge in [-0.1, -0.05) is 78.9 Å². The van der Waals surface area contributed by atoms with Crippen molar-refractivity contribution in [3.05, 3.63) is 120 Å². The van der Waals surface area contributed by atoms with Crippen LogP contribution in [0.2, 0.25) is 0 Å². The summed E-state index contributed by atoms with van der Waals surface area (Å²) in [5, 5.41) is 2.15. The second-order valence-electron chi connectivity index (χ2n) is 14.3. The zero-order valence-electron chi connectivity index (χ0n) is 25.9. The highest BCUT2D eigenvalue weighted by molar-refractivity contribution is 6.09. The second kappa shape index (κ2) is 9.45. The Kier molecular flexibility index (Phi) is 5.22. The molecule has 3 aromatic heterocycles. The number of pyridine rings is 1. The molecule has 4 saturated carbocycles. The number of fused-ring (bicyclic) bond motifs is 6. The number of furan rings is 1. The molecule has 0 radical (unpaired) electrons. The summed E-state index contributed by atoms with van der Waals surface area (Å²) in [7, 11) is 0. The summed E-state index contributed by atoms with van der Waals surface area (Å²) in [4.78, 5) is 20.4. The third kappa shape index (κ3) is 3.54. The number of benzene rings is 4. The molecule has 7 aromatic rings. The molecule has 226 valence electrons. The molecule has 1 spiro atoms. The van der Waals surface area contributed by atoms with Gasteiger partial charge in [-0.2, -0.15) is 0 Å². The predicted molar refractivity (Wildman–Crippen MR) is 184 cm³/mol. The Morgan fingerprint density at radius 3 is 2.11 bits per heavy atom. The molecule has 0 amide bonds. The molecule has 0 unspecified atom stereocenters. The van der Waals surface area contributed by atoms with Gasteiger partial charge in [-0.3, -0.25) is 4.98 Å². The lowest BCUT2D eigenvalue weighted by molar-refractivity contribution is -0.0400. The zero-order chi connectivity index (χ0) is 30.7. The van der Waals surface area contributed by atoms with E-state index in [0.717, 1.165) is 56.2 Å². The molecular weight excluding hydrogens is 576 g/mol. The first kappa shape index (κ1) is 26.0. The summed E-state index contributed by atoms with van der Waals surface area (Å²) in [5.74, 6) is 5.13. The van der Waals surface area contributed by atoms with E-state index in [2.05, 4.69) is 66.7 Å². The maximum absolute atomic E-state index is 6.43. The Balaban J connectivity index is 1.12. The van der Waals surface area contributed by atoms with Crippen molar-refractivity contribution < 1.29 is 4.42 Å². The fraction of sp³-hybridized carbons (Fsp3) is 0.238. The molecule has 5 aliphatic carbocycles. The first-order valence-corrected chi connectivity index (χ1v) is 17.1. The van der Waals surface area contributed by atoms with Crippen LogP contribution in [0.15, 0.2) is 114 Å². The SMILES string of the molecule is c1ccc(-c2nc(-c3ccc4c(c3)-c3ncccc3C43C4CC5CC(C4)CC3C5)nc(-c3cccc4c3oc3ccccc34)n2)cc1. The van der Waals surface area contributed by atoms with Crippen molar-refractivity contribution in [1.82, 2.24) is 19.9 Å². The monoisotopic (exact) mass is 608 g/mol. The number of rotatable bonds is 3. The molecule has 0 aliphatic heterocycles. The molecule has 4 fully saturated rings. The molecule has 3 heterocycles. The highest BCUT2D eigenvalue weighted by Crippen LogP contribution is 2.69. The number of para-hydroxylation sites is 2. The number of hydrogen-bond donors (Lipinski definition) is 0. The molecule has 4 bridgehead atoms. The van der Waals surface area contributed by atoms with Gasteiger partial charge in [-0.25, -0.2) is 15.0 Å². The summed E-state index contributed by atoms with van der Waals surface area (Å²) in [6.07, 6.45) is 8.83. The van der Waals surface area contributed by atoms with Crippen molar-refractivity contribution >= 4 is 21.9 Å². The Labute approximate surface area is 272 Å². The van der Waals surface area contributed by atoms with Crippen LogP contribution in [-0.2, 0) is 5.41 Å². The first-order valence-electron chi connectivity index (χ1n) is 17.1. The topological polar surface area (TPSA) is 64.7 Å². The molecule has 47 heavy (non-hydrogen) atoms.